The van der Waals surface area contributed by atoms with Crippen molar-refractivity contribution in [1.29, 1.82) is 0 Å². The molecule has 0 radical (unpaired) electrons. The highest BCUT2D eigenvalue weighted by Gasteiger charge is 2.38. The lowest BCUT2D eigenvalue weighted by molar-refractivity contribution is -0.124. The molecule has 0 spiro atoms. The number of carbonyl (C=O) groups excluding carboxylic acids is 4. The van der Waals surface area contributed by atoms with Crippen molar-refractivity contribution in [2.24, 2.45) is 0 Å². The Bertz CT molecular complexity index is 1300. The van der Waals surface area contributed by atoms with Gasteiger partial charge >= 0.3 is 5.97 Å². The molecule has 2 aromatic carbocycles. The standard InChI is InChI=1S/C23H22N2O7S/c1-13-3-4-14(2)19(9-13)25-21(27)17-6-5-15(10-18(17)22(25)28)23(29)32-11-20(26)24-16-7-8-33(30,31)12-16/h3-6,9-10,16H,7-8,11-12H2,1-2H3,(H,24,26)/t16-/m1/s1. The van der Waals surface area contributed by atoms with Crippen LogP contribution in [0, 0.1) is 13.8 Å². The van der Waals surface area contributed by atoms with Crippen LogP contribution in [0.1, 0.15) is 48.6 Å². The summed E-state index contributed by atoms with van der Waals surface area (Å²) in [5.41, 5.74) is 2.42. The van der Waals surface area contributed by atoms with Crippen LogP contribution in [0.25, 0.3) is 0 Å². The monoisotopic (exact) mass is 470 g/mol. The van der Waals surface area contributed by atoms with E-state index < -0.39 is 46.2 Å². The molecule has 1 fully saturated rings. The van der Waals surface area contributed by atoms with Crippen molar-refractivity contribution in [2.45, 2.75) is 26.3 Å². The maximum absolute atomic E-state index is 13.0. The number of hydrogen-bond acceptors (Lipinski definition) is 7. The number of aryl methyl sites for hydroxylation is 2. The third-order valence-corrected chi connectivity index (χ3v) is 7.43. The van der Waals surface area contributed by atoms with Gasteiger partial charge in [0.25, 0.3) is 17.7 Å². The molecule has 9 nitrogen and oxygen atoms in total. The summed E-state index contributed by atoms with van der Waals surface area (Å²) in [4.78, 5) is 51.4. The Morgan fingerprint density at radius 3 is 2.48 bits per heavy atom. The predicted octanol–water partition coefficient (Wildman–Crippen LogP) is 1.56. The minimum atomic E-state index is -3.15. The molecule has 0 bridgehead atoms. The fourth-order valence-electron chi connectivity index (χ4n) is 3.94. The van der Waals surface area contributed by atoms with E-state index in [2.05, 4.69) is 5.32 Å². The van der Waals surface area contributed by atoms with Gasteiger partial charge in [0.1, 0.15) is 0 Å². The SMILES string of the molecule is Cc1ccc(C)c(N2C(=O)c3ccc(C(=O)OCC(=O)N[C@@H]4CCS(=O)(=O)C4)cc3C2=O)c1. The lowest BCUT2D eigenvalue weighted by Crippen LogP contribution is -2.38. The van der Waals surface area contributed by atoms with E-state index in [0.29, 0.717) is 12.1 Å². The highest BCUT2D eigenvalue weighted by molar-refractivity contribution is 7.91. The minimum Gasteiger partial charge on any atom is -0.452 e. The van der Waals surface area contributed by atoms with Crippen molar-refractivity contribution in [3.8, 4) is 0 Å². The number of sulfone groups is 1. The number of nitrogens with zero attached hydrogens (tertiary/aromatic N) is 1. The molecule has 3 amide bonds. The third-order valence-electron chi connectivity index (χ3n) is 5.66. The van der Waals surface area contributed by atoms with Crippen molar-refractivity contribution >= 4 is 39.2 Å². The number of hydrogen-bond donors (Lipinski definition) is 1. The molecule has 1 atom stereocenters. The topological polar surface area (TPSA) is 127 Å². The lowest BCUT2D eigenvalue weighted by Gasteiger charge is -2.17. The molecule has 0 aliphatic carbocycles. The van der Waals surface area contributed by atoms with Crippen LogP contribution in [0.3, 0.4) is 0 Å². The molecule has 0 unspecified atom stereocenters. The number of fused-ring (bicyclic) bond motifs is 1. The summed E-state index contributed by atoms with van der Waals surface area (Å²) >= 11 is 0. The van der Waals surface area contributed by atoms with E-state index in [1.165, 1.54) is 18.2 Å². The quantitative estimate of drug-likeness (QED) is 0.519. The van der Waals surface area contributed by atoms with Crippen molar-refractivity contribution in [2.75, 3.05) is 23.0 Å². The van der Waals surface area contributed by atoms with Gasteiger partial charge in [0.05, 0.1) is 33.9 Å². The maximum atomic E-state index is 13.0. The van der Waals surface area contributed by atoms with E-state index in [1.807, 2.05) is 19.1 Å². The number of benzene rings is 2. The summed E-state index contributed by atoms with van der Waals surface area (Å²) in [6, 6.07) is 8.99. The van der Waals surface area contributed by atoms with E-state index in [9.17, 15) is 27.6 Å². The van der Waals surface area contributed by atoms with Crippen LogP contribution in [0.2, 0.25) is 0 Å². The Morgan fingerprint density at radius 2 is 1.79 bits per heavy atom. The zero-order chi connectivity index (χ0) is 23.9. The van der Waals surface area contributed by atoms with Gasteiger partial charge in [0.2, 0.25) is 0 Å². The molecule has 1 N–H and O–H groups in total. The van der Waals surface area contributed by atoms with E-state index in [1.54, 1.807) is 13.0 Å². The first-order valence-corrected chi connectivity index (χ1v) is 12.1. The number of esters is 1. The molecule has 172 valence electrons. The van der Waals surface area contributed by atoms with E-state index in [-0.39, 0.29) is 28.2 Å². The maximum Gasteiger partial charge on any atom is 0.338 e. The first-order valence-electron chi connectivity index (χ1n) is 10.3. The predicted molar refractivity (Wildman–Crippen MR) is 119 cm³/mol. The van der Waals surface area contributed by atoms with Gasteiger partial charge in [-0.25, -0.2) is 18.1 Å². The number of nitrogens with one attached hydrogen (secondary N) is 1. The molecule has 2 heterocycles. The summed E-state index contributed by atoms with van der Waals surface area (Å²) in [5, 5.41) is 2.53. The van der Waals surface area contributed by atoms with Crippen molar-refractivity contribution < 1.29 is 32.3 Å². The Hall–Kier alpha value is -3.53. The molecule has 2 aromatic rings. The van der Waals surface area contributed by atoms with Crippen LogP contribution in [0.15, 0.2) is 36.4 Å². The van der Waals surface area contributed by atoms with Crippen molar-refractivity contribution in [3.05, 3.63) is 64.2 Å². The van der Waals surface area contributed by atoms with Crippen LogP contribution in [-0.4, -0.2) is 56.3 Å². The van der Waals surface area contributed by atoms with Crippen LogP contribution < -0.4 is 10.2 Å². The van der Waals surface area contributed by atoms with Gasteiger partial charge in [-0.05, 0) is 55.7 Å². The lowest BCUT2D eigenvalue weighted by atomic mass is 10.1. The minimum absolute atomic E-state index is 0.0126. The molecule has 2 aliphatic heterocycles. The Balaban J connectivity index is 1.45. The third kappa shape index (κ3) is 4.51. The Morgan fingerprint density at radius 1 is 1.06 bits per heavy atom. The second kappa shape index (κ2) is 8.43. The number of carbonyl (C=O) groups is 4. The van der Waals surface area contributed by atoms with Gasteiger partial charge in [-0.1, -0.05) is 12.1 Å². The second-order valence-electron chi connectivity index (χ2n) is 8.24. The van der Waals surface area contributed by atoms with Crippen molar-refractivity contribution in [1.82, 2.24) is 5.32 Å². The Labute approximate surface area is 190 Å². The summed E-state index contributed by atoms with van der Waals surface area (Å²) in [6.07, 6.45) is 0.319. The molecule has 2 aliphatic rings. The smallest absolute Gasteiger partial charge is 0.338 e. The van der Waals surface area contributed by atoms with Gasteiger partial charge in [0.15, 0.2) is 16.4 Å². The van der Waals surface area contributed by atoms with E-state index in [4.69, 9.17) is 4.74 Å². The number of imide groups is 1. The summed E-state index contributed by atoms with van der Waals surface area (Å²) in [5.74, 6) is -2.59. The van der Waals surface area contributed by atoms with Crippen molar-refractivity contribution in [3.63, 3.8) is 0 Å². The summed E-state index contributed by atoms with van der Waals surface area (Å²) < 4.78 is 28.0. The molecule has 0 aromatic heterocycles. The van der Waals surface area contributed by atoms with Gasteiger partial charge in [-0.15, -0.1) is 0 Å². The molecule has 1 saturated heterocycles. The first-order chi connectivity index (χ1) is 15.6. The first kappa shape index (κ1) is 22.7. The van der Waals surface area contributed by atoms with E-state index in [0.717, 1.165) is 16.0 Å². The number of rotatable bonds is 5. The van der Waals surface area contributed by atoms with Gasteiger partial charge in [-0.3, -0.25) is 14.4 Å². The second-order valence-corrected chi connectivity index (χ2v) is 10.5. The number of anilines is 1. The number of amides is 3. The summed E-state index contributed by atoms with van der Waals surface area (Å²) in [6.45, 7) is 3.07. The van der Waals surface area contributed by atoms with Crippen LogP contribution in [0.5, 0.6) is 0 Å². The zero-order valence-corrected chi connectivity index (χ0v) is 18.9. The highest BCUT2D eigenvalue weighted by Crippen LogP contribution is 2.31. The van der Waals surface area contributed by atoms with E-state index >= 15 is 0 Å². The van der Waals surface area contributed by atoms with Gasteiger partial charge in [-0.2, -0.15) is 0 Å². The zero-order valence-electron chi connectivity index (χ0n) is 18.1. The van der Waals surface area contributed by atoms with Crippen LogP contribution in [-0.2, 0) is 19.4 Å². The summed E-state index contributed by atoms with van der Waals surface area (Å²) in [7, 11) is -3.15. The van der Waals surface area contributed by atoms with Gasteiger partial charge in [0, 0.05) is 6.04 Å². The Kier molecular flexibility index (Phi) is 5.79. The fourth-order valence-corrected chi connectivity index (χ4v) is 5.61. The molecule has 0 saturated carbocycles. The van der Waals surface area contributed by atoms with Crippen LogP contribution >= 0.6 is 0 Å². The number of ether oxygens (including phenoxy) is 1. The molecule has 10 heteroatoms. The highest BCUT2D eigenvalue weighted by atomic mass is 32.2. The normalized spacial score (nSPS) is 18.8. The largest absolute Gasteiger partial charge is 0.452 e. The average molecular weight is 471 g/mol. The molecular formula is C23H22N2O7S. The molecular weight excluding hydrogens is 448 g/mol. The molecule has 4 rings (SSSR count). The van der Waals surface area contributed by atoms with Crippen LogP contribution in [0.4, 0.5) is 5.69 Å². The fraction of sp³-hybridized carbons (Fsp3) is 0.304. The average Bonchev–Trinajstić information content (AvgIpc) is 3.23. The van der Waals surface area contributed by atoms with Gasteiger partial charge < -0.3 is 10.1 Å². The molecule has 33 heavy (non-hydrogen) atoms.